The molecule has 0 radical (unpaired) electrons. The molecule has 7 nitrogen and oxygen atoms in total. The van der Waals surface area contributed by atoms with Crippen molar-refractivity contribution in [2.24, 2.45) is 5.92 Å². The van der Waals surface area contributed by atoms with Gasteiger partial charge in [0.05, 0.1) is 23.6 Å². The van der Waals surface area contributed by atoms with E-state index in [0.29, 0.717) is 25.8 Å². The Balaban J connectivity index is 1.26. The van der Waals surface area contributed by atoms with Crippen molar-refractivity contribution in [2.75, 3.05) is 11.5 Å². The summed E-state index contributed by atoms with van der Waals surface area (Å²) in [5.74, 6) is 0.247. The second-order valence-corrected chi connectivity index (χ2v) is 15.3. The summed E-state index contributed by atoms with van der Waals surface area (Å²) in [5.41, 5.74) is 4.87. The second-order valence-electron chi connectivity index (χ2n) is 11.5. The van der Waals surface area contributed by atoms with Gasteiger partial charge in [-0.05, 0) is 74.0 Å². The molecule has 1 aromatic heterocycles. The topological polar surface area (TPSA) is 80.5 Å². The third-order valence-corrected chi connectivity index (χ3v) is 10.8. The molecule has 2 aliphatic rings. The number of anilines is 2. The van der Waals surface area contributed by atoms with Crippen LogP contribution in [0.15, 0.2) is 54.7 Å². The number of aliphatic hydroxyl groups excluding tert-OH is 1. The van der Waals surface area contributed by atoms with Crippen LogP contribution in [-0.2, 0) is 35.3 Å². The van der Waals surface area contributed by atoms with Crippen LogP contribution in [0.25, 0.3) is 0 Å². The van der Waals surface area contributed by atoms with E-state index in [1.165, 1.54) is 5.56 Å². The fraction of sp³-hybridized carbons (Fsp3) is 0.500. The van der Waals surface area contributed by atoms with Gasteiger partial charge in [-0.25, -0.2) is 0 Å². The molecule has 1 N–H and O–H groups in total. The Morgan fingerprint density at radius 3 is 2.69 bits per heavy atom. The Labute approximate surface area is 231 Å². The number of aliphatic hydroxyl groups is 1. The number of aromatic nitrogens is 3. The summed E-state index contributed by atoms with van der Waals surface area (Å²) >= 11 is 0. The van der Waals surface area contributed by atoms with Gasteiger partial charge in [0.25, 0.3) is 0 Å². The van der Waals surface area contributed by atoms with E-state index in [1.807, 2.05) is 41.4 Å². The highest BCUT2D eigenvalue weighted by atomic mass is 28.4. The number of ether oxygens (including phenoxy) is 1. The minimum Gasteiger partial charge on any atom is -0.396 e. The number of hydrogen-bond donors (Lipinski definition) is 1. The van der Waals surface area contributed by atoms with Gasteiger partial charge in [0.1, 0.15) is 0 Å². The van der Waals surface area contributed by atoms with Crippen molar-refractivity contribution in [1.29, 1.82) is 0 Å². The van der Waals surface area contributed by atoms with Crippen molar-refractivity contribution < 1.29 is 18.7 Å². The number of nitrogens with zero attached hydrogens (tertiary/aromatic N) is 4. The molecular formula is C30H39FN4O3Si. The third kappa shape index (κ3) is 6.15. The summed E-state index contributed by atoms with van der Waals surface area (Å²) in [6, 6.07) is 16.3. The van der Waals surface area contributed by atoms with E-state index in [4.69, 9.17) is 9.84 Å². The Hall–Kier alpha value is -2.88. The lowest BCUT2D eigenvalue weighted by atomic mass is 9.94. The van der Waals surface area contributed by atoms with Crippen molar-refractivity contribution in [3.05, 3.63) is 71.5 Å². The summed E-state index contributed by atoms with van der Waals surface area (Å²) in [7, 11) is -2.97. The lowest BCUT2D eigenvalue weighted by molar-refractivity contribution is -0.118. The molecule has 0 bridgehead atoms. The van der Waals surface area contributed by atoms with Crippen LogP contribution in [-0.4, -0.2) is 53.2 Å². The molecule has 208 valence electrons. The molecule has 1 fully saturated rings. The van der Waals surface area contributed by atoms with Crippen molar-refractivity contribution in [2.45, 2.75) is 82.8 Å². The molecule has 39 heavy (non-hydrogen) atoms. The fourth-order valence-electron chi connectivity index (χ4n) is 6.46. The summed E-state index contributed by atoms with van der Waals surface area (Å²) < 4.78 is 23.9. The minimum atomic E-state index is -2.97. The molecular weight excluding hydrogens is 511 g/mol. The van der Waals surface area contributed by atoms with Gasteiger partial charge in [-0.15, -0.1) is 5.10 Å². The smallest absolute Gasteiger partial charge is 0.246 e. The van der Waals surface area contributed by atoms with E-state index in [2.05, 4.69) is 35.4 Å². The van der Waals surface area contributed by atoms with Crippen molar-refractivity contribution >= 4 is 25.7 Å². The van der Waals surface area contributed by atoms with Gasteiger partial charge >= 0.3 is 0 Å². The van der Waals surface area contributed by atoms with Crippen molar-refractivity contribution in [1.82, 2.24) is 15.0 Å². The van der Waals surface area contributed by atoms with Gasteiger partial charge in [-0.3, -0.25) is 14.4 Å². The quantitative estimate of drug-likeness (QED) is 0.270. The summed E-state index contributed by atoms with van der Waals surface area (Å²) in [5, 5.41) is 17.4. The lowest BCUT2D eigenvalue weighted by Gasteiger charge is -2.30. The highest BCUT2D eigenvalue weighted by Crippen LogP contribution is 2.47. The van der Waals surface area contributed by atoms with Crippen LogP contribution in [0.5, 0.6) is 0 Å². The lowest BCUT2D eigenvalue weighted by Crippen LogP contribution is -2.36. The van der Waals surface area contributed by atoms with Crippen LogP contribution in [0.2, 0.25) is 18.6 Å². The molecule has 0 unspecified atom stereocenters. The molecule has 1 saturated heterocycles. The van der Waals surface area contributed by atoms with Gasteiger partial charge in [-0.2, -0.15) is 0 Å². The first-order valence-corrected chi connectivity index (χ1v) is 17.0. The number of carbonyl (C=O) groups is 1. The van der Waals surface area contributed by atoms with Gasteiger partial charge < -0.3 is 14.0 Å². The average molecular weight is 551 g/mol. The molecule has 5 rings (SSSR count). The number of amides is 1. The SMILES string of the molecule is C[C@H]1[C@H]([Si](C)(C)F)[C@@H](CCn2cc(CCO)nn2)O[C@H]1CCc1cccc(N2C(=O)CCc3ccccc32)c1. The number of rotatable bonds is 10. The van der Waals surface area contributed by atoms with Crippen molar-refractivity contribution in [3.63, 3.8) is 0 Å². The standard InChI is InChI=1S/C30H39FN4O3Si/c1-21-27(38-28(30(21)39(2,3)31)15-17-34-20-24(16-18-36)32-33-34)13-11-22-7-6-9-25(19-22)35-26-10-5-4-8-23(26)12-14-29(35)37/h4-10,19-21,27-28,30,36H,11-18H2,1-3H3/t21-,27+,28-,30+/m1/s1. The van der Waals surface area contributed by atoms with E-state index >= 15 is 4.11 Å². The zero-order valence-corrected chi connectivity index (χ0v) is 24.1. The molecule has 3 heterocycles. The zero-order chi connectivity index (χ0) is 27.6. The summed E-state index contributed by atoms with van der Waals surface area (Å²) in [6.07, 6.45) is 5.71. The Bertz CT molecular complexity index is 1290. The number of aryl methyl sites for hydroxylation is 3. The summed E-state index contributed by atoms with van der Waals surface area (Å²) in [4.78, 5) is 14.7. The Morgan fingerprint density at radius 2 is 1.90 bits per heavy atom. The van der Waals surface area contributed by atoms with Crippen LogP contribution < -0.4 is 4.90 Å². The van der Waals surface area contributed by atoms with Crippen LogP contribution in [0.1, 0.15) is 43.0 Å². The number of halogens is 1. The van der Waals surface area contributed by atoms with E-state index in [1.54, 1.807) is 17.8 Å². The maximum Gasteiger partial charge on any atom is 0.246 e. The first kappa shape index (κ1) is 27.7. The molecule has 0 aliphatic carbocycles. The first-order valence-electron chi connectivity index (χ1n) is 14.1. The molecule has 9 heteroatoms. The molecule has 4 atom stereocenters. The van der Waals surface area contributed by atoms with Crippen LogP contribution in [0.4, 0.5) is 15.5 Å². The molecule has 1 amide bonds. The minimum absolute atomic E-state index is 0.0239. The third-order valence-electron chi connectivity index (χ3n) is 8.27. The number of hydrogen-bond acceptors (Lipinski definition) is 5. The van der Waals surface area contributed by atoms with Gasteiger partial charge in [0, 0.05) is 43.4 Å². The monoisotopic (exact) mass is 550 g/mol. The second kappa shape index (κ2) is 11.7. The number of para-hydroxylation sites is 1. The zero-order valence-electron chi connectivity index (χ0n) is 23.1. The van der Waals surface area contributed by atoms with Crippen LogP contribution >= 0.6 is 0 Å². The average Bonchev–Trinajstić information content (AvgIpc) is 3.49. The maximum atomic E-state index is 15.5. The summed E-state index contributed by atoms with van der Waals surface area (Å²) in [6.45, 7) is 6.37. The van der Waals surface area contributed by atoms with Crippen molar-refractivity contribution in [3.8, 4) is 0 Å². The van der Waals surface area contributed by atoms with Gasteiger partial charge in [-0.1, -0.05) is 42.5 Å². The number of fused-ring (bicyclic) bond motifs is 1. The van der Waals surface area contributed by atoms with Gasteiger partial charge in [0.15, 0.2) is 0 Å². The molecule has 0 saturated carbocycles. The van der Waals surface area contributed by atoms with E-state index in [9.17, 15) is 4.79 Å². The predicted molar refractivity (Wildman–Crippen MR) is 152 cm³/mol. The largest absolute Gasteiger partial charge is 0.396 e. The molecule has 0 spiro atoms. The van der Waals surface area contributed by atoms with E-state index < -0.39 is 8.41 Å². The molecule has 3 aromatic rings. The number of benzene rings is 2. The predicted octanol–water partition coefficient (Wildman–Crippen LogP) is 5.40. The van der Waals surface area contributed by atoms with Crippen LogP contribution in [0, 0.1) is 5.92 Å². The molecule has 2 aromatic carbocycles. The van der Waals surface area contributed by atoms with Gasteiger partial charge in [0.2, 0.25) is 14.3 Å². The highest BCUT2D eigenvalue weighted by molar-refractivity contribution is 6.72. The Kier molecular flexibility index (Phi) is 8.30. The fourth-order valence-corrected chi connectivity index (χ4v) is 9.05. The Morgan fingerprint density at radius 1 is 1.08 bits per heavy atom. The molecule has 2 aliphatic heterocycles. The number of carbonyl (C=O) groups excluding carboxylic acids is 1. The highest BCUT2D eigenvalue weighted by Gasteiger charge is 2.50. The van der Waals surface area contributed by atoms with E-state index in [-0.39, 0.29) is 36.2 Å². The maximum absolute atomic E-state index is 15.5. The normalized spacial score (nSPS) is 23.3. The van der Waals surface area contributed by atoms with E-state index in [0.717, 1.165) is 41.9 Å². The van der Waals surface area contributed by atoms with Crippen LogP contribution in [0.3, 0.4) is 0 Å². The first-order chi connectivity index (χ1) is 18.7.